The van der Waals surface area contributed by atoms with E-state index in [0.29, 0.717) is 28.1 Å². The molecule has 0 aliphatic carbocycles. The summed E-state index contributed by atoms with van der Waals surface area (Å²) in [5.74, 6) is -0.746. The van der Waals surface area contributed by atoms with Crippen LogP contribution >= 0.6 is 38.5 Å². The minimum absolute atomic E-state index is 0.129. The zero-order valence-electron chi connectivity index (χ0n) is 17.5. The average molecular weight is 617 g/mol. The van der Waals surface area contributed by atoms with Crippen molar-refractivity contribution >= 4 is 68.1 Å². The van der Waals surface area contributed by atoms with Crippen LogP contribution in [0.15, 0.2) is 76.8 Å². The molecule has 1 heterocycles. The topological polar surface area (TPSA) is 75.7 Å². The van der Waals surface area contributed by atoms with Gasteiger partial charge in [-0.3, -0.25) is 14.9 Å². The van der Waals surface area contributed by atoms with E-state index in [-0.39, 0.29) is 5.57 Å². The second-order valence-corrected chi connectivity index (χ2v) is 9.40. The summed E-state index contributed by atoms with van der Waals surface area (Å²) in [6.45, 7) is 2.31. The Bertz CT molecular complexity index is 1250. The summed E-state index contributed by atoms with van der Waals surface area (Å²) in [5.41, 5.74) is 2.91. The van der Waals surface area contributed by atoms with Crippen molar-refractivity contribution < 1.29 is 19.1 Å². The van der Waals surface area contributed by atoms with Gasteiger partial charge in [-0.05, 0) is 86.9 Å². The molecular formula is C25H18BrIN2O4. The highest BCUT2D eigenvalue weighted by atomic mass is 127. The number of rotatable bonds is 5. The van der Waals surface area contributed by atoms with Gasteiger partial charge in [0.2, 0.25) is 0 Å². The van der Waals surface area contributed by atoms with Crippen molar-refractivity contribution in [3.63, 3.8) is 0 Å². The maximum Gasteiger partial charge on any atom is 0.335 e. The fraction of sp³-hybridized carbons (Fsp3) is 0.0800. The molecule has 0 radical (unpaired) electrons. The SMILES string of the molecule is Cc1ccc(N2C(=O)NC(=O)/C(=C\c3cc(Br)c(OCc4ccccc4)c(I)c3)C2=O)cc1. The normalized spacial score (nSPS) is 15.1. The molecule has 3 aromatic rings. The summed E-state index contributed by atoms with van der Waals surface area (Å²) in [6, 6.07) is 19.5. The fourth-order valence-electron chi connectivity index (χ4n) is 3.28. The van der Waals surface area contributed by atoms with Crippen molar-refractivity contribution in [2.75, 3.05) is 4.90 Å². The van der Waals surface area contributed by atoms with E-state index in [0.717, 1.165) is 19.6 Å². The lowest BCUT2D eigenvalue weighted by atomic mass is 10.1. The monoisotopic (exact) mass is 616 g/mol. The number of barbiturate groups is 1. The van der Waals surface area contributed by atoms with E-state index in [2.05, 4.69) is 43.8 Å². The van der Waals surface area contributed by atoms with Crippen LogP contribution in [0, 0.1) is 10.5 Å². The van der Waals surface area contributed by atoms with Crippen molar-refractivity contribution in [2.45, 2.75) is 13.5 Å². The third-order valence-electron chi connectivity index (χ3n) is 4.95. The van der Waals surface area contributed by atoms with Gasteiger partial charge in [0.15, 0.2) is 0 Å². The number of imide groups is 2. The van der Waals surface area contributed by atoms with E-state index in [9.17, 15) is 14.4 Å². The Labute approximate surface area is 212 Å². The molecule has 0 aromatic heterocycles. The molecule has 4 amide bonds. The predicted octanol–water partition coefficient (Wildman–Crippen LogP) is 5.61. The van der Waals surface area contributed by atoms with E-state index >= 15 is 0 Å². The Balaban J connectivity index is 1.61. The molecule has 33 heavy (non-hydrogen) atoms. The summed E-state index contributed by atoms with van der Waals surface area (Å²) >= 11 is 5.67. The minimum atomic E-state index is -0.772. The van der Waals surface area contributed by atoms with Crippen LogP contribution in [0.5, 0.6) is 5.75 Å². The van der Waals surface area contributed by atoms with Crippen molar-refractivity contribution in [1.29, 1.82) is 0 Å². The highest BCUT2D eigenvalue weighted by Crippen LogP contribution is 2.34. The van der Waals surface area contributed by atoms with Gasteiger partial charge >= 0.3 is 6.03 Å². The molecule has 0 atom stereocenters. The molecule has 0 unspecified atom stereocenters. The third kappa shape index (κ3) is 5.17. The van der Waals surface area contributed by atoms with Gasteiger partial charge in [0.05, 0.1) is 13.7 Å². The number of amides is 4. The van der Waals surface area contributed by atoms with Gasteiger partial charge in [-0.1, -0.05) is 48.0 Å². The van der Waals surface area contributed by atoms with Crippen molar-refractivity contribution in [3.8, 4) is 5.75 Å². The van der Waals surface area contributed by atoms with Crippen LogP contribution in [0.2, 0.25) is 0 Å². The Hall–Kier alpha value is -2.98. The Morgan fingerprint density at radius 3 is 2.39 bits per heavy atom. The van der Waals surface area contributed by atoms with Gasteiger partial charge in [0, 0.05) is 0 Å². The fourth-order valence-corrected chi connectivity index (χ4v) is 5.05. The number of benzene rings is 3. The van der Waals surface area contributed by atoms with Crippen LogP contribution in [0.25, 0.3) is 6.08 Å². The highest BCUT2D eigenvalue weighted by Gasteiger charge is 2.36. The van der Waals surface area contributed by atoms with E-state index in [1.54, 1.807) is 30.3 Å². The van der Waals surface area contributed by atoms with Crippen LogP contribution in [-0.2, 0) is 16.2 Å². The molecule has 4 rings (SSSR count). The lowest BCUT2D eigenvalue weighted by Gasteiger charge is -2.26. The minimum Gasteiger partial charge on any atom is -0.487 e. The Morgan fingerprint density at radius 2 is 1.73 bits per heavy atom. The van der Waals surface area contributed by atoms with Crippen molar-refractivity contribution in [3.05, 3.63) is 97.0 Å². The first-order valence-corrected chi connectivity index (χ1v) is 11.8. The molecule has 0 saturated carbocycles. The molecule has 6 nitrogen and oxygen atoms in total. The molecule has 3 aromatic carbocycles. The first kappa shape index (κ1) is 23.2. The van der Waals surface area contributed by atoms with Crippen LogP contribution in [0.1, 0.15) is 16.7 Å². The molecule has 166 valence electrons. The molecular weight excluding hydrogens is 599 g/mol. The first-order chi connectivity index (χ1) is 15.8. The number of hydrogen-bond acceptors (Lipinski definition) is 4. The number of nitrogens with one attached hydrogen (secondary N) is 1. The lowest BCUT2D eigenvalue weighted by molar-refractivity contribution is -0.122. The number of halogens is 2. The average Bonchev–Trinajstić information content (AvgIpc) is 2.78. The van der Waals surface area contributed by atoms with E-state index in [4.69, 9.17) is 4.74 Å². The molecule has 0 spiro atoms. The number of hydrogen-bond donors (Lipinski definition) is 1. The number of carbonyl (C=O) groups excluding carboxylic acids is 3. The molecule has 1 aliphatic heterocycles. The Kier molecular flexibility index (Phi) is 6.94. The molecule has 1 aliphatic rings. The molecule has 1 saturated heterocycles. The van der Waals surface area contributed by atoms with Gasteiger partial charge in [-0.15, -0.1) is 0 Å². The molecule has 8 heteroatoms. The van der Waals surface area contributed by atoms with Gasteiger partial charge in [0.1, 0.15) is 17.9 Å². The number of nitrogens with zero attached hydrogens (tertiary/aromatic N) is 1. The zero-order chi connectivity index (χ0) is 23.5. The second-order valence-electron chi connectivity index (χ2n) is 7.38. The van der Waals surface area contributed by atoms with E-state index in [1.165, 1.54) is 6.08 Å². The first-order valence-electron chi connectivity index (χ1n) is 9.97. The van der Waals surface area contributed by atoms with Crippen LogP contribution in [0.3, 0.4) is 0 Å². The number of aryl methyl sites for hydroxylation is 1. The summed E-state index contributed by atoms with van der Waals surface area (Å²) < 4.78 is 7.46. The van der Waals surface area contributed by atoms with Crippen LogP contribution in [0.4, 0.5) is 10.5 Å². The summed E-state index contributed by atoms with van der Waals surface area (Å²) in [7, 11) is 0. The van der Waals surface area contributed by atoms with Gasteiger partial charge < -0.3 is 4.74 Å². The summed E-state index contributed by atoms with van der Waals surface area (Å²) in [4.78, 5) is 38.9. The quantitative estimate of drug-likeness (QED) is 0.230. The standard InChI is InChI=1S/C25H18BrIN2O4/c1-15-7-9-18(10-8-15)29-24(31)19(23(30)28-25(29)32)11-17-12-20(26)22(21(27)13-17)33-14-16-5-3-2-4-6-16/h2-13H,14H2,1H3,(H,28,30,32)/b19-11+. The summed E-state index contributed by atoms with van der Waals surface area (Å²) in [6.07, 6.45) is 1.47. The van der Waals surface area contributed by atoms with Gasteiger partial charge in [0.25, 0.3) is 11.8 Å². The molecule has 1 fully saturated rings. The largest absolute Gasteiger partial charge is 0.487 e. The smallest absolute Gasteiger partial charge is 0.335 e. The van der Waals surface area contributed by atoms with Crippen molar-refractivity contribution in [1.82, 2.24) is 5.32 Å². The van der Waals surface area contributed by atoms with E-state index < -0.39 is 17.8 Å². The van der Waals surface area contributed by atoms with Crippen LogP contribution < -0.4 is 15.0 Å². The van der Waals surface area contributed by atoms with E-state index in [1.807, 2.05) is 43.3 Å². The summed E-state index contributed by atoms with van der Waals surface area (Å²) in [5, 5.41) is 2.24. The lowest BCUT2D eigenvalue weighted by Crippen LogP contribution is -2.54. The number of anilines is 1. The third-order valence-corrected chi connectivity index (χ3v) is 6.34. The number of urea groups is 1. The zero-order valence-corrected chi connectivity index (χ0v) is 21.2. The Morgan fingerprint density at radius 1 is 1.03 bits per heavy atom. The predicted molar refractivity (Wildman–Crippen MR) is 138 cm³/mol. The second kappa shape index (κ2) is 9.88. The maximum absolute atomic E-state index is 13.1. The van der Waals surface area contributed by atoms with Crippen LogP contribution in [-0.4, -0.2) is 17.8 Å². The maximum atomic E-state index is 13.1. The van der Waals surface area contributed by atoms with Gasteiger partial charge in [-0.25, -0.2) is 9.69 Å². The number of ether oxygens (including phenoxy) is 1. The van der Waals surface area contributed by atoms with Gasteiger partial charge in [-0.2, -0.15) is 0 Å². The molecule has 0 bridgehead atoms. The van der Waals surface area contributed by atoms with Crippen molar-refractivity contribution in [2.24, 2.45) is 0 Å². The molecule has 1 N–H and O–H groups in total. The highest BCUT2D eigenvalue weighted by molar-refractivity contribution is 14.1. The number of carbonyl (C=O) groups is 3.